The van der Waals surface area contributed by atoms with Crippen LogP contribution in [0.4, 0.5) is 10.1 Å². The second-order valence-electron chi connectivity index (χ2n) is 10.3. The normalized spacial score (nSPS) is 17.3. The van der Waals surface area contributed by atoms with E-state index in [-0.39, 0.29) is 28.6 Å². The summed E-state index contributed by atoms with van der Waals surface area (Å²) in [6, 6.07) is 13.6. The number of hydrogen-bond acceptors (Lipinski definition) is 4. The van der Waals surface area contributed by atoms with Crippen molar-refractivity contribution in [3.63, 3.8) is 0 Å². The van der Waals surface area contributed by atoms with E-state index in [9.17, 15) is 14.0 Å². The number of nitrogens with zero attached hydrogens (tertiary/aromatic N) is 3. The van der Waals surface area contributed by atoms with E-state index in [0.717, 1.165) is 60.9 Å². The Labute approximate surface area is 227 Å². The third-order valence-corrected chi connectivity index (χ3v) is 8.04. The van der Waals surface area contributed by atoms with Gasteiger partial charge in [-0.05, 0) is 93.1 Å². The predicted molar refractivity (Wildman–Crippen MR) is 147 cm³/mol. The van der Waals surface area contributed by atoms with Gasteiger partial charge in [-0.3, -0.25) is 14.6 Å². The van der Waals surface area contributed by atoms with Gasteiger partial charge < -0.3 is 15.1 Å². The first-order chi connectivity index (χ1) is 18.2. The number of carbonyl (C=O) groups excluding carboxylic acids is 2. The molecule has 1 saturated heterocycles. The van der Waals surface area contributed by atoms with Crippen LogP contribution in [0.1, 0.15) is 68.5 Å². The van der Waals surface area contributed by atoms with Gasteiger partial charge >= 0.3 is 0 Å². The highest BCUT2D eigenvalue weighted by atomic mass is 35.5. The van der Waals surface area contributed by atoms with Crippen molar-refractivity contribution in [2.45, 2.75) is 51.6 Å². The molecule has 1 aromatic heterocycles. The number of rotatable bonds is 5. The lowest BCUT2D eigenvalue weighted by atomic mass is 10.00. The number of aromatic nitrogens is 1. The minimum absolute atomic E-state index is 0.0213. The molecule has 6 nitrogen and oxygen atoms in total. The zero-order valence-electron chi connectivity index (χ0n) is 21.9. The molecule has 2 heterocycles. The first kappa shape index (κ1) is 26.2. The zero-order valence-corrected chi connectivity index (χ0v) is 22.7. The summed E-state index contributed by atoms with van der Waals surface area (Å²) in [4.78, 5) is 35.0. The Bertz CT molecular complexity index is 1370. The maximum Gasteiger partial charge on any atom is 0.253 e. The monoisotopic (exact) mass is 534 g/mol. The third-order valence-electron chi connectivity index (χ3n) is 7.71. The average Bonchev–Trinajstić information content (AvgIpc) is 3.30. The number of carbonyl (C=O) groups is 2. The number of amides is 2. The molecule has 2 amide bonds. The van der Waals surface area contributed by atoms with Gasteiger partial charge in [-0.1, -0.05) is 17.7 Å². The summed E-state index contributed by atoms with van der Waals surface area (Å²) in [7, 11) is 1.88. The fourth-order valence-electron chi connectivity index (χ4n) is 5.67. The molecule has 0 spiro atoms. The molecular formula is C30H32ClFN4O2. The third kappa shape index (κ3) is 5.39. The van der Waals surface area contributed by atoms with Gasteiger partial charge in [-0.25, -0.2) is 4.39 Å². The van der Waals surface area contributed by atoms with Crippen LogP contribution in [0.5, 0.6) is 0 Å². The molecule has 198 valence electrons. The molecule has 3 aromatic rings. The summed E-state index contributed by atoms with van der Waals surface area (Å²) in [5, 5.41) is 3.18. The Morgan fingerprint density at radius 3 is 2.45 bits per heavy atom. The predicted octanol–water partition coefficient (Wildman–Crippen LogP) is 5.65. The molecule has 1 aliphatic carbocycles. The highest BCUT2D eigenvalue weighted by Gasteiger charge is 2.29. The second-order valence-corrected chi connectivity index (χ2v) is 10.8. The highest BCUT2D eigenvalue weighted by molar-refractivity contribution is 6.33. The number of anilines is 1. The Morgan fingerprint density at radius 1 is 1.03 bits per heavy atom. The van der Waals surface area contributed by atoms with E-state index in [1.54, 1.807) is 0 Å². The number of fused-ring (bicyclic) bond motifs is 1. The highest BCUT2D eigenvalue weighted by Crippen LogP contribution is 2.33. The van der Waals surface area contributed by atoms with E-state index in [1.807, 2.05) is 44.0 Å². The zero-order chi connectivity index (χ0) is 27.0. The van der Waals surface area contributed by atoms with E-state index >= 15 is 0 Å². The molecule has 38 heavy (non-hydrogen) atoms. The molecular weight excluding hydrogens is 503 g/mol. The van der Waals surface area contributed by atoms with E-state index in [1.165, 1.54) is 17.8 Å². The Morgan fingerprint density at radius 2 is 1.74 bits per heavy atom. The molecule has 0 saturated carbocycles. The largest absolute Gasteiger partial charge is 0.371 e. The number of nitrogens with one attached hydrogen (secondary N) is 1. The van der Waals surface area contributed by atoms with Crippen molar-refractivity contribution in [1.82, 2.24) is 15.2 Å². The smallest absolute Gasteiger partial charge is 0.253 e. The number of aryl methyl sites for hydroxylation is 3. The van der Waals surface area contributed by atoms with E-state index in [4.69, 9.17) is 11.6 Å². The van der Waals surface area contributed by atoms with Crippen molar-refractivity contribution in [3.8, 4) is 0 Å². The van der Waals surface area contributed by atoms with E-state index in [2.05, 4.69) is 27.3 Å². The maximum absolute atomic E-state index is 13.7. The lowest BCUT2D eigenvalue weighted by molar-refractivity contribution is 0.0709. The lowest BCUT2D eigenvalue weighted by Gasteiger charge is -2.38. The Hall–Kier alpha value is -3.45. The van der Waals surface area contributed by atoms with Crippen LogP contribution in [0.2, 0.25) is 5.02 Å². The summed E-state index contributed by atoms with van der Waals surface area (Å²) in [6.07, 6.45) is 3.29. The van der Waals surface area contributed by atoms with Crippen LogP contribution in [-0.4, -0.2) is 47.9 Å². The summed E-state index contributed by atoms with van der Waals surface area (Å²) < 4.78 is 13.7. The van der Waals surface area contributed by atoms with Crippen molar-refractivity contribution >= 4 is 29.1 Å². The Balaban J connectivity index is 1.25. The van der Waals surface area contributed by atoms with Crippen LogP contribution < -0.4 is 10.2 Å². The molecule has 2 aromatic carbocycles. The number of pyridine rings is 1. The summed E-state index contributed by atoms with van der Waals surface area (Å²) in [6.45, 7) is 5.79. The quantitative estimate of drug-likeness (QED) is 0.459. The molecule has 5 rings (SSSR count). The minimum atomic E-state index is -0.515. The molecule has 1 fully saturated rings. The van der Waals surface area contributed by atoms with Crippen LogP contribution in [0.3, 0.4) is 0 Å². The number of halogens is 2. The van der Waals surface area contributed by atoms with Crippen LogP contribution in [0.15, 0.2) is 48.5 Å². The number of piperidine rings is 1. The maximum atomic E-state index is 13.7. The van der Waals surface area contributed by atoms with E-state index < -0.39 is 11.7 Å². The van der Waals surface area contributed by atoms with Gasteiger partial charge in [0.05, 0.1) is 16.6 Å². The molecule has 2 aliphatic rings. The fraction of sp³-hybridized carbons (Fsp3) is 0.367. The molecule has 1 N–H and O–H groups in total. The van der Waals surface area contributed by atoms with Gasteiger partial charge in [0.25, 0.3) is 11.8 Å². The van der Waals surface area contributed by atoms with Crippen molar-refractivity contribution in [1.29, 1.82) is 0 Å². The first-order valence-corrected chi connectivity index (χ1v) is 13.4. The van der Waals surface area contributed by atoms with Crippen LogP contribution in [0, 0.1) is 19.7 Å². The topological polar surface area (TPSA) is 65.5 Å². The van der Waals surface area contributed by atoms with Crippen molar-refractivity contribution in [2.24, 2.45) is 0 Å². The second kappa shape index (κ2) is 10.7. The van der Waals surface area contributed by atoms with Gasteiger partial charge in [-0.15, -0.1) is 0 Å². The SMILES string of the molecule is Cc1cc(N2CCC(N(C)C(=O)c3ccc4c(c3)C(NC(=O)c3cc(F)ccc3Cl)CC4)CC2)cc(C)n1. The van der Waals surface area contributed by atoms with Crippen molar-refractivity contribution in [3.05, 3.63) is 93.0 Å². The van der Waals surface area contributed by atoms with Gasteiger partial charge in [0, 0.05) is 48.8 Å². The summed E-state index contributed by atoms with van der Waals surface area (Å²) >= 11 is 6.13. The molecule has 1 aliphatic heterocycles. The molecule has 1 atom stereocenters. The lowest BCUT2D eigenvalue weighted by Crippen LogP contribution is -2.45. The molecule has 0 bridgehead atoms. The molecule has 8 heteroatoms. The summed E-state index contributed by atoms with van der Waals surface area (Å²) in [5.74, 6) is -0.960. The van der Waals surface area contributed by atoms with Crippen LogP contribution >= 0.6 is 11.6 Å². The van der Waals surface area contributed by atoms with Crippen molar-refractivity contribution in [2.75, 3.05) is 25.0 Å². The number of hydrogen-bond donors (Lipinski definition) is 1. The Kier molecular flexibility index (Phi) is 7.39. The standard InChI is InChI=1S/C30H32ClFN4O2/c1-18-14-24(15-19(2)33-18)36-12-10-23(11-13-36)35(3)30(38)21-5-4-20-6-9-28(25(20)16-21)34-29(37)26-17-22(32)7-8-27(26)31/h4-5,7-8,14-17,23,28H,6,9-13H2,1-3H3,(H,34,37). The molecule has 1 unspecified atom stereocenters. The van der Waals surface area contributed by atoms with E-state index in [0.29, 0.717) is 12.0 Å². The van der Waals surface area contributed by atoms with Gasteiger partial charge in [0.15, 0.2) is 0 Å². The fourth-order valence-corrected chi connectivity index (χ4v) is 5.87. The number of benzene rings is 2. The molecule has 0 radical (unpaired) electrons. The van der Waals surface area contributed by atoms with Gasteiger partial charge in [0.2, 0.25) is 0 Å². The van der Waals surface area contributed by atoms with Crippen molar-refractivity contribution < 1.29 is 14.0 Å². The van der Waals surface area contributed by atoms with Gasteiger partial charge in [-0.2, -0.15) is 0 Å². The van der Waals surface area contributed by atoms with Gasteiger partial charge in [0.1, 0.15) is 5.82 Å². The summed E-state index contributed by atoms with van der Waals surface area (Å²) in [5.41, 5.74) is 5.97. The van der Waals surface area contributed by atoms with Crippen LogP contribution in [-0.2, 0) is 6.42 Å². The average molecular weight is 535 g/mol. The minimum Gasteiger partial charge on any atom is -0.371 e. The first-order valence-electron chi connectivity index (χ1n) is 13.1. The van der Waals surface area contributed by atoms with Crippen LogP contribution in [0.25, 0.3) is 0 Å².